The molecule has 7 heteroatoms. The first-order chi connectivity index (χ1) is 10.4. The smallest absolute Gasteiger partial charge is 0.125 e. The summed E-state index contributed by atoms with van der Waals surface area (Å²) in [7, 11) is 1.79. The summed E-state index contributed by atoms with van der Waals surface area (Å²) < 4.78 is 15.3. The third-order valence-corrected chi connectivity index (χ3v) is 4.27. The average molecular weight is 325 g/mol. The van der Waals surface area contributed by atoms with Gasteiger partial charge < -0.3 is 10.4 Å². The van der Waals surface area contributed by atoms with E-state index in [2.05, 4.69) is 15.6 Å². The number of rotatable bonds is 2. The third-order valence-electron chi connectivity index (χ3n) is 4.05. The highest BCUT2D eigenvalue weighted by Crippen LogP contribution is 2.40. The van der Waals surface area contributed by atoms with Crippen molar-refractivity contribution in [2.75, 3.05) is 0 Å². The van der Waals surface area contributed by atoms with Crippen LogP contribution in [0.25, 0.3) is 0 Å². The second-order valence-electron chi connectivity index (χ2n) is 6.04. The number of piperidine rings is 1. The van der Waals surface area contributed by atoms with E-state index in [0.29, 0.717) is 18.4 Å². The minimum atomic E-state index is -1.15. The molecule has 118 valence electrons. The van der Waals surface area contributed by atoms with Gasteiger partial charge in [0, 0.05) is 30.7 Å². The molecule has 1 aliphatic heterocycles. The third kappa shape index (κ3) is 2.99. The van der Waals surface area contributed by atoms with Crippen LogP contribution in [0.2, 0.25) is 5.02 Å². The fraction of sp³-hybridized carbons (Fsp3) is 0.467. The number of hydrogen-bond acceptors (Lipinski definition) is 4. The Hall–Kier alpha value is -1.50. The van der Waals surface area contributed by atoms with Gasteiger partial charge >= 0.3 is 0 Å². The molecule has 0 aliphatic carbocycles. The molecule has 5 nitrogen and oxygen atoms in total. The molecule has 0 radical (unpaired) electrons. The summed E-state index contributed by atoms with van der Waals surface area (Å²) in [6.45, 7) is 1.98. The van der Waals surface area contributed by atoms with Crippen molar-refractivity contribution in [3.63, 3.8) is 0 Å². The van der Waals surface area contributed by atoms with Crippen LogP contribution in [-0.2, 0) is 12.6 Å². The van der Waals surface area contributed by atoms with Gasteiger partial charge in [-0.25, -0.2) is 4.39 Å². The molecule has 1 fully saturated rings. The zero-order valence-corrected chi connectivity index (χ0v) is 13.2. The van der Waals surface area contributed by atoms with Crippen LogP contribution in [-0.4, -0.2) is 26.1 Å². The van der Waals surface area contributed by atoms with E-state index in [9.17, 15) is 9.50 Å². The molecule has 1 aromatic carbocycles. The molecule has 2 heterocycles. The Balaban J connectivity index is 1.94. The Morgan fingerprint density at radius 1 is 1.41 bits per heavy atom. The van der Waals surface area contributed by atoms with Gasteiger partial charge in [-0.05, 0) is 37.1 Å². The number of aliphatic hydroxyl groups is 1. The Morgan fingerprint density at radius 3 is 2.82 bits per heavy atom. The van der Waals surface area contributed by atoms with Crippen molar-refractivity contribution in [1.82, 2.24) is 20.3 Å². The van der Waals surface area contributed by atoms with Crippen LogP contribution in [0.5, 0.6) is 0 Å². The average Bonchev–Trinajstić information content (AvgIpc) is 2.83. The van der Waals surface area contributed by atoms with E-state index in [0.717, 1.165) is 5.69 Å². The summed E-state index contributed by atoms with van der Waals surface area (Å²) in [5.41, 5.74) is 0.105. The highest BCUT2D eigenvalue weighted by atomic mass is 35.5. The minimum Gasteiger partial charge on any atom is -0.385 e. The zero-order chi connectivity index (χ0) is 15.9. The van der Waals surface area contributed by atoms with Crippen molar-refractivity contribution in [2.24, 2.45) is 7.05 Å². The van der Waals surface area contributed by atoms with Gasteiger partial charge in [0.25, 0.3) is 0 Å². The molecular formula is C15H18ClFN4O. The predicted molar refractivity (Wildman–Crippen MR) is 80.9 cm³/mol. The molecule has 1 aromatic heterocycles. The Morgan fingerprint density at radius 2 is 2.18 bits per heavy atom. The van der Waals surface area contributed by atoms with Crippen molar-refractivity contribution < 1.29 is 9.50 Å². The van der Waals surface area contributed by atoms with E-state index in [1.807, 2.05) is 13.1 Å². The van der Waals surface area contributed by atoms with Crippen molar-refractivity contribution in [3.8, 4) is 0 Å². The molecule has 0 amide bonds. The number of nitrogens with zero attached hydrogens (tertiary/aromatic N) is 3. The van der Waals surface area contributed by atoms with Gasteiger partial charge in [-0.3, -0.25) is 4.68 Å². The summed E-state index contributed by atoms with van der Waals surface area (Å²) in [4.78, 5) is 0. The molecule has 0 spiro atoms. The first-order valence-electron chi connectivity index (χ1n) is 7.17. The van der Waals surface area contributed by atoms with Gasteiger partial charge in [-0.15, -0.1) is 5.10 Å². The standard InChI is InChI=1S/C15H18ClFN4O/c1-9-6-15(22,10-3-11(16)5-12(17)4-10)7-13(18-9)14-8-21(2)20-19-14/h3-5,8-9,13,18,22H,6-7H2,1-2H3/t9-,13-,15-/m0/s1. The Kier molecular flexibility index (Phi) is 3.92. The monoisotopic (exact) mass is 324 g/mol. The minimum absolute atomic E-state index is 0.0489. The van der Waals surface area contributed by atoms with Crippen molar-refractivity contribution in [1.29, 1.82) is 0 Å². The quantitative estimate of drug-likeness (QED) is 0.890. The normalized spacial score (nSPS) is 28.8. The number of nitrogens with one attached hydrogen (secondary N) is 1. The molecule has 1 aliphatic rings. The maximum Gasteiger partial charge on any atom is 0.125 e. The van der Waals surface area contributed by atoms with Crippen molar-refractivity contribution in [2.45, 2.75) is 37.5 Å². The Bertz CT molecular complexity index is 672. The summed E-state index contributed by atoms with van der Waals surface area (Å²) in [6, 6.07) is 4.10. The summed E-state index contributed by atoms with van der Waals surface area (Å²) >= 11 is 5.93. The first kappa shape index (κ1) is 15.4. The zero-order valence-electron chi connectivity index (χ0n) is 12.4. The second kappa shape index (κ2) is 5.61. The van der Waals surface area contributed by atoms with Crippen LogP contribution >= 0.6 is 11.6 Å². The molecule has 0 bridgehead atoms. The topological polar surface area (TPSA) is 63.0 Å². The fourth-order valence-corrected chi connectivity index (χ4v) is 3.38. The molecule has 3 rings (SSSR count). The molecule has 0 saturated carbocycles. The highest BCUT2D eigenvalue weighted by Gasteiger charge is 2.40. The highest BCUT2D eigenvalue weighted by molar-refractivity contribution is 6.30. The molecule has 3 atom stereocenters. The van der Waals surface area contributed by atoms with Crippen molar-refractivity contribution >= 4 is 11.6 Å². The van der Waals surface area contributed by atoms with E-state index < -0.39 is 11.4 Å². The second-order valence-corrected chi connectivity index (χ2v) is 6.47. The Labute approximate surface area is 133 Å². The molecule has 1 saturated heterocycles. The summed E-state index contributed by atoms with van der Waals surface area (Å²) in [5.74, 6) is -0.446. The molecule has 22 heavy (non-hydrogen) atoms. The van der Waals surface area contributed by atoms with Crippen LogP contribution in [0.3, 0.4) is 0 Å². The van der Waals surface area contributed by atoms with E-state index in [-0.39, 0.29) is 17.1 Å². The van der Waals surface area contributed by atoms with Gasteiger partial charge in [0.2, 0.25) is 0 Å². The van der Waals surface area contributed by atoms with E-state index in [4.69, 9.17) is 11.6 Å². The lowest BCUT2D eigenvalue weighted by Gasteiger charge is -2.40. The van der Waals surface area contributed by atoms with E-state index in [1.54, 1.807) is 17.8 Å². The van der Waals surface area contributed by atoms with Gasteiger partial charge in [-0.1, -0.05) is 16.8 Å². The van der Waals surface area contributed by atoms with Gasteiger partial charge in [0.1, 0.15) is 5.82 Å². The predicted octanol–water partition coefficient (Wildman–Crippen LogP) is 2.31. The first-order valence-corrected chi connectivity index (χ1v) is 7.55. The molecule has 2 N–H and O–H groups in total. The van der Waals surface area contributed by atoms with E-state index in [1.165, 1.54) is 12.1 Å². The van der Waals surface area contributed by atoms with Crippen LogP contribution in [0.4, 0.5) is 4.39 Å². The molecular weight excluding hydrogens is 307 g/mol. The molecule has 0 unspecified atom stereocenters. The van der Waals surface area contributed by atoms with E-state index >= 15 is 0 Å². The SMILES string of the molecule is C[C@H]1C[C@@](O)(c2cc(F)cc(Cl)c2)C[C@@H](c2cn(C)nn2)N1. The maximum atomic E-state index is 13.6. The number of hydrogen-bond donors (Lipinski definition) is 2. The molecule has 2 aromatic rings. The van der Waals surface area contributed by atoms with Crippen LogP contribution in [0, 0.1) is 5.82 Å². The lowest BCUT2D eigenvalue weighted by Crippen LogP contribution is -2.47. The van der Waals surface area contributed by atoms with Crippen LogP contribution < -0.4 is 5.32 Å². The number of aryl methyl sites for hydroxylation is 1. The number of benzene rings is 1. The van der Waals surface area contributed by atoms with Crippen molar-refractivity contribution in [3.05, 3.63) is 46.5 Å². The number of halogens is 2. The number of aromatic nitrogens is 3. The lowest BCUT2D eigenvalue weighted by molar-refractivity contribution is -0.0237. The maximum absolute atomic E-state index is 13.6. The van der Waals surface area contributed by atoms with Crippen LogP contribution in [0.15, 0.2) is 24.4 Å². The fourth-order valence-electron chi connectivity index (χ4n) is 3.16. The van der Waals surface area contributed by atoms with Gasteiger partial charge in [0.05, 0.1) is 17.3 Å². The summed E-state index contributed by atoms with van der Waals surface area (Å²) in [6.07, 6.45) is 2.67. The van der Waals surface area contributed by atoms with Gasteiger partial charge in [0.15, 0.2) is 0 Å². The summed E-state index contributed by atoms with van der Waals surface area (Å²) in [5, 5.41) is 22.8. The largest absolute Gasteiger partial charge is 0.385 e. The lowest BCUT2D eigenvalue weighted by atomic mass is 9.78. The van der Waals surface area contributed by atoms with Gasteiger partial charge in [-0.2, -0.15) is 0 Å². The van der Waals surface area contributed by atoms with Crippen LogP contribution in [0.1, 0.15) is 37.1 Å².